The fourth-order valence-corrected chi connectivity index (χ4v) is 6.20. The minimum Gasteiger partial charge on any atom is -0.444 e. The maximum Gasteiger partial charge on any atom is 0.410 e. The highest BCUT2D eigenvalue weighted by Gasteiger charge is 2.44. The monoisotopic (exact) mass is 573 g/mol. The van der Waals surface area contributed by atoms with Gasteiger partial charge in [0.25, 0.3) is 0 Å². The molecule has 0 spiro atoms. The number of hydrogen-bond donors (Lipinski definition) is 2. The van der Waals surface area contributed by atoms with Crippen LogP contribution in [0, 0.1) is 11.3 Å². The number of anilines is 2. The van der Waals surface area contributed by atoms with Crippen molar-refractivity contribution >= 4 is 51.5 Å². The van der Waals surface area contributed by atoms with Gasteiger partial charge < -0.3 is 30.8 Å². The number of carbonyl (C=O) groups excluding carboxylic acids is 2. The van der Waals surface area contributed by atoms with E-state index in [4.69, 9.17) is 32.6 Å². The zero-order valence-electron chi connectivity index (χ0n) is 22.4. The Morgan fingerprint density at radius 2 is 1.95 bits per heavy atom. The Labute approximate surface area is 236 Å². The summed E-state index contributed by atoms with van der Waals surface area (Å²) in [5.74, 6) is -0.745. The van der Waals surface area contributed by atoms with E-state index in [9.17, 15) is 14.9 Å². The molecule has 11 nitrogen and oxygen atoms in total. The minimum absolute atomic E-state index is 0.121. The quantitative estimate of drug-likeness (QED) is 0.182. The highest BCUT2D eigenvalue weighted by Crippen LogP contribution is 2.46. The van der Waals surface area contributed by atoms with Crippen molar-refractivity contribution in [2.75, 3.05) is 36.8 Å². The standard InChI is InChI=1S/C26H32ClN7O4S/c1-25(2,3)37-24(36)34-10-8-33(9-11-34)15-12-17(31-19(27)13-15)21(29)32-38-23(35)26(4)7-5-6-18-20(26)16(14-28)22(30)39-18/h12-13H,5-11,30H2,1-4H3,(H2,29,32). The van der Waals surface area contributed by atoms with Gasteiger partial charge in [-0.15, -0.1) is 11.3 Å². The Hall–Kier alpha value is -3.56. The highest BCUT2D eigenvalue weighted by molar-refractivity contribution is 7.16. The first-order valence-corrected chi connectivity index (χ1v) is 13.8. The van der Waals surface area contributed by atoms with Gasteiger partial charge in [0.05, 0.1) is 11.0 Å². The van der Waals surface area contributed by atoms with Crippen LogP contribution in [0.2, 0.25) is 5.15 Å². The number of amidine groups is 1. The van der Waals surface area contributed by atoms with Crippen molar-refractivity contribution in [2.24, 2.45) is 10.9 Å². The molecule has 2 aliphatic rings. The van der Waals surface area contributed by atoms with Crippen molar-refractivity contribution in [3.63, 3.8) is 0 Å². The fraction of sp³-hybridized carbons (Fsp3) is 0.500. The average Bonchev–Trinajstić information content (AvgIpc) is 3.22. The van der Waals surface area contributed by atoms with Gasteiger partial charge in [0.2, 0.25) is 0 Å². The van der Waals surface area contributed by atoms with E-state index in [-0.39, 0.29) is 22.8 Å². The summed E-state index contributed by atoms with van der Waals surface area (Å²) in [6.07, 6.45) is 1.65. The van der Waals surface area contributed by atoms with Gasteiger partial charge in [0.1, 0.15) is 27.5 Å². The number of nitrogens with two attached hydrogens (primary N) is 2. The summed E-state index contributed by atoms with van der Waals surface area (Å²) >= 11 is 7.61. The van der Waals surface area contributed by atoms with Crippen molar-refractivity contribution < 1.29 is 19.2 Å². The van der Waals surface area contributed by atoms with Gasteiger partial charge in [-0.1, -0.05) is 16.8 Å². The average molecular weight is 574 g/mol. The number of nitrogens with zero attached hydrogens (tertiary/aromatic N) is 5. The zero-order valence-corrected chi connectivity index (χ0v) is 24.0. The van der Waals surface area contributed by atoms with E-state index in [2.05, 4.69) is 16.2 Å². The third-order valence-electron chi connectivity index (χ3n) is 6.77. The maximum atomic E-state index is 13.2. The number of carbonyl (C=O) groups is 2. The largest absolute Gasteiger partial charge is 0.444 e. The molecular weight excluding hydrogens is 542 g/mol. The van der Waals surface area contributed by atoms with E-state index in [1.807, 2.05) is 25.7 Å². The number of hydrogen-bond acceptors (Lipinski definition) is 10. The third kappa shape index (κ3) is 6.04. The molecule has 2 aromatic rings. The third-order valence-corrected chi connectivity index (χ3v) is 8.04. The molecule has 39 heavy (non-hydrogen) atoms. The molecule has 0 aromatic carbocycles. The molecule has 0 bridgehead atoms. The Morgan fingerprint density at radius 1 is 1.26 bits per heavy atom. The molecule has 1 aliphatic carbocycles. The number of aromatic nitrogens is 1. The van der Waals surface area contributed by atoms with Crippen LogP contribution in [-0.2, 0) is 26.2 Å². The van der Waals surface area contributed by atoms with Gasteiger partial charge in [-0.05, 0) is 59.1 Å². The van der Waals surface area contributed by atoms with Crippen LogP contribution in [0.3, 0.4) is 0 Å². The molecule has 208 valence electrons. The molecule has 1 fully saturated rings. The molecule has 0 radical (unpaired) electrons. The van der Waals surface area contributed by atoms with Crippen molar-refractivity contribution in [2.45, 2.75) is 58.0 Å². The van der Waals surface area contributed by atoms with Crippen LogP contribution in [0.15, 0.2) is 17.3 Å². The molecule has 1 atom stereocenters. The van der Waals surface area contributed by atoms with Crippen LogP contribution in [0.25, 0.3) is 0 Å². The fourth-order valence-electron chi connectivity index (χ4n) is 4.81. The SMILES string of the molecule is CC(C)(C)OC(=O)N1CCN(c2cc(Cl)nc(/C(N)=N/OC(=O)C3(C)CCCc4sc(N)c(C#N)c43)c2)CC1. The zero-order chi connectivity index (χ0) is 28.5. The first kappa shape index (κ1) is 28.4. The molecule has 1 amide bonds. The van der Waals surface area contributed by atoms with Gasteiger partial charge in [-0.2, -0.15) is 5.26 Å². The summed E-state index contributed by atoms with van der Waals surface area (Å²) in [6, 6.07) is 5.53. The van der Waals surface area contributed by atoms with E-state index in [1.54, 1.807) is 24.0 Å². The molecule has 4 rings (SSSR count). The molecule has 0 saturated carbocycles. The molecule has 3 heterocycles. The lowest BCUT2D eigenvalue weighted by molar-refractivity contribution is -0.150. The summed E-state index contributed by atoms with van der Waals surface area (Å²) in [7, 11) is 0. The molecule has 1 saturated heterocycles. The normalized spacial score (nSPS) is 19.7. The first-order chi connectivity index (χ1) is 18.3. The van der Waals surface area contributed by atoms with Gasteiger partial charge >= 0.3 is 12.1 Å². The number of halogens is 1. The summed E-state index contributed by atoms with van der Waals surface area (Å²) in [5, 5.41) is 14.1. The van der Waals surface area contributed by atoms with Crippen LogP contribution < -0.4 is 16.4 Å². The number of nitriles is 1. The molecule has 4 N–H and O–H groups in total. The second kappa shape index (κ2) is 10.9. The number of pyridine rings is 1. The van der Waals surface area contributed by atoms with Crippen LogP contribution in [0.5, 0.6) is 0 Å². The topological polar surface area (TPSA) is 160 Å². The van der Waals surface area contributed by atoms with E-state index in [1.165, 1.54) is 11.3 Å². The Balaban J connectivity index is 1.47. The summed E-state index contributed by atoms with van der Waals surface area (Å²) in [5.41, 5.74) is 12.5. The molecule has 1 aliphatic heterocycles. The lowest BCUT2D eigenvalue weighted by Gasteiger charge is -2.36. The van der Waals surface area contributed by atoms with Gasteiger partial charge in [0, 0.05) is 42.3 Å². The van der Waals surface area contributed by atoms with Gasteiger partial charge in [-0.25, -0.2) is 14.6 Å². The molecular formula is C26H32ClN7O4S. The van der Waals surface area contributed by atoms with E-state index in [0.29, 0.717) is 48.7 Å². The van der Waals surface area contributed by atoms with Crippen molar-refractivity contribution in [1.29, 1.82) is 5.26 Å². The lowest BCUT2D eigenvalue weighted by Crippen LogP contribution is -2.50. The summed E-state index contributed by atoms with van der Waals surface area (Å²) < 4.78 is 5.46. The van der Waals surface area contributed by atoms with E-state index in [0.717, 1.165) is 23.4 Å². The number of thiophene rings is 1. The molecule has 13 heteroatoms. The highest BCUT2D eigenvalue weighted by atomic mass is 35.5. The van der Waals surface area contributed by atoms with Crippen molar-refractivity contribution in [3.8, 4) is 6.07 Å². The number of oxime groups is 1. The number of rotatable bonds is 4. The Morgan fingerprint density at radius 3 is 2.59 bits per heavy atom. The summed E-state index contributed by atoms with van der Waals surface area (Å²) in [6.45, 7) is 9.29. The second-order valence-electron chi connectivity index (χ2n) is 10.8. The van der Waals surface area contributed by atoms with Crippen LogP contribution >= 0.6 is 22.9 Å². The first-order valence-electron chi connectivity index (χ1n) is 12.6. The molecule has 2 aromatic heterocycles. The summed E-state index contributed by atoms with van der Waals surface area (Å²) in [4.78, 5) is 39.8. The van der Waals surface area contributed by atoms with E-state index >= 15 is 0 Å². The van der Waals surface area contributed by atoms with Crippen LogP contribution in [0.1, 0.15) is 62.2 Å². The molecule has 1 unspecified atom stereocenters. The smallest absolute Gasteiger partial charge is 0.410 e. The van der Waals surface area contributed by atoms with Crippen LogP contribution in [-0.4, -0.2) is 59.6 Å². The van der Waals surface area contributed by atoms with Crippen molar-refractivity contribution in [3.05, 3.63) is 39.0 Å². The maximum absolute atomic E-state index is 13.2. The number of fused-ring (bicyclic) bond motifs is 1. The second-order valence-corrected chi connectivity index (χ2v) is 12.3. The number of nitrogen functional groups attached to an aromatic ring is 1. The minimum atomic E-state index is -1.07. The number of amides is 1. The Kier molecular flexibility index (Phi) is 7.95. The Bertz CT molecular complexity index is 1360. The number of ether oxygens (including phenoxy) is 1. The predicted octanol–water partition coefficient (Wildman–Crippen LogP) is 3.77. The van der Waals surface area contributed by atoms with Crippen LogP contribution in [0.4, 0.5) is 15.5 Å². The van der Waals surface area contributed by atoms with E-state index < -0.39 is 17.0 Å². The van der Waals surface area contributed by atoms with Crippen molar-refractivity contribution in [1.82, 2.24) is 9.88 Å². The van der Waals surface area contributed by atoms with Gasteiger partial charge in [-0.3, -0.25) is 0 Å². The number of aryl methyl sites for hydroxylation is 1. The van der Waals surface area contributed by atoms with Gasteiger partial charge in [0.15, 0.2) is 5.84 Å². The lowest BCUT2D eigenvalue weighted by atomic mass is 9.72. The predicted molar refractivity (Wildman–Crippen MR) is 150 cm³/mol. The number of piperazine rings is 1.